The molecule has 0 aromatic carbocycles. The highest BCUT2D eigenvalue weighted by Crippen LogP contribution is 2.33. The summed E-state index contributed by atoms with van der Waals surface area (Å²) < 4.78 is 43.6. The Balaban J connectivity index is 1.58. The van der Waals surface area contributed by atoms with Crippen LogP contribution in [0.1, 0.15) is 34.7 Å². The van der Waals surface area contributed by atoms with E-state index >= 15 is 0 Å². The Kier molecular flexibility index (Phi) is 4.48. The van der Waals surface area contributed by atoms with Gasteiger partial charge in [-0.25, -0.2) is 14.5 Å². The number of pyridine rings is 1. The van der Waals surface area contributed by atoms with E-state index in [-0.39, 0.29) is 17.2 Å². The number of alkyl halides is 3. The fraction of sp³-hybridized carbons (Fsp3) is 0.412. The molecule has 0 radical (unpaired) electrons. The fourth-order valence-electron chi connectivity index (χ4n) is 3.39. The number of aromatic nitrogens is 4. The number of thiophene rings is 1. The van der Waals surface area contributed by atoms with Crippen molar-refractivity contribution in [1.29, 1.82) is 0 Å². The van der Waals surface area contributed by atoms with Crippen molar-refractivity contribution < 1.29 is 18.0 Å². The average Bonchev–Trinajstić information content (AvgIpc) is 3.14. The average molecular weight is 411 g/mol. The molecule has 0 saturated carbocycles. The number of halogens is 3. The topological polar surface area (TPSA) is 81.8 Å². The Bertz CT molecular complexity index is 1110. The zero-order valence-corrected chi connectivity index (χ0v) is 15.6. The van der Waals surface area contributed by atoms with E-state index in [4.69, 9.17) is 0 Å². The third-order valence-corrected chi connectivity index (χ3v) is 5.64. The molecule has 1 aliphatic heterocycles. The summed E-state index contributed by atoms with van der Waals surface area (Å²) in [4.78, 5) is 28.3. The molecule has 11 heteroatoms. The van der Waals surface area contributed by atoms with Crippen LogP contribution < -0.4 is 11.0 Å². The van der Waals surface area contributed by atoms with Crippen LogP contribution >= 0.6 is 11.3 Å². The highest BCUT2D eigenvalue weighted by molar-refractivity contribution is 7.17. The van der Waals surface area contributed by atoms with Crippen molar-refractivity contribution in [2.24, 2.45) is 7.05 Å². The standard InChI is InChI=1S/C17H16F3N5O2S/c1-24-16(27)25-6-4-9(2-3-13(25)23-24)21-15(26)10-8-12-11(5-7-28-12)22-14(10)17(18,19)20/h5,7-9H,2-4,6H2,1H3,(H,21,26). The lowest BCUT2D eigenvalue weighted by atomic mass is 10.1. The monoisotopic (exact) mass is 411 g/mol. The van der Waals surface area contributed by atoms with Crippen molar-refractivity contribution in [3.8, 4) is 0 Å². The quantitative estimate of drug-likeness (QED) is 0.702. The molecule has 1 aliphatic rings. The molecule has 3 aromatic rings. The number of nitrogens with one attached hydrogen (secondary N) is 1. The van der Waals surface area contributed by atoms with E-state index in [1.807, 2.05) is 0 Å². The molecule has 28 heavy (non-hydrogen) atoms. The summed E-state index contributed by atoms with van der Waals surface area (Å²) >= 11 is 1.22. The Morgan fingerprint density at radius 2 is 2.14 bits per heavy atom. The molecule has 1 N–H and O–H groups in total. The zero-order valence-electron chi connectivity index (χ0n) is 14.8. The summed E-state index contributed by atoms with van der Waals surface area (Å²) in [7, 11) is 1.57. The van der Waals surface area contributed by atoms with E-state index in [9.17, 15) is 22.8 Å². The van der Waals surface area contributed by atoms with Crippen LogP contribution in [0.15, 0.2) is 22.3 Å². The van der Waals surface area contributed by atoms with Gasteiger partial charge in [-0.3, -0.25) is 9.36 Å². The lowest BCUT2D eigenvalue weighted by Crippen LogP contribution is -2.37. The van der Waals surface area contributed by atoms with Crippen LogP contribution in [0.2, 0.25) is 0 Å². The van der Waals surface area contributed by atoms with Crippen LogP contribution in [0.25, 0.3) is 10.2 Å². The smallest absolute Gasteiger partial charge is 0.349 e. The Hall–Kier alpha value is -2.69. The van der Waals surface area contributed by atoms with E-state index in [0.717, 1.165) is 0 Å². The molecule has 0 aliphatic carbocycles. The van der Waals surface area contributed by atoms with Gasteiger partial charge in [-0.1, -0.05) is 0 Å². The summed E-state index contributed by atoms with van der Waals surface area (Å²) in [5.74, 6) is -0.200. The van der Waals surface area contributed by atoms with Crippen molar-refractivity contribution in [2.45, 2.75) is 38.0 Å². The maximum absolute atomic E-state index is 13.4. The fourth-order valence-corrected chi connectivity index (χ4v) is 4.15. The van der Waals surface area contributed by atoms with Crippen LogP contribution in [0, 0.1) is 0 Å². The Morgan fingerprint density at radius 3 is 2.89 bits per heavy atom. The van der Waals surface area contributed by atoms with E-state index in [1.165, 1.54) is 32.7 Å². The van der Waals surface area contributed by atoms with Crippen molar-refractivity contribution >= 4 is 27.5 Å². The van der Waals surface area contributed by atoms with Crippen LogP contribution in [-0.4, -0.2) is 31.3 Å². The predicted octanol–water partition coefficient (Wildman–Crippen LogP) is 2.35. The van der Waals surface area contributed by atoms with E-state index in [1.54, 1.807) is 12.4 Å². The molecular formula is C17H16F3N5O2S. The maximum atomic E-state index is 13.4. The first kappa shape index (κ1) is 18.7. The molecule has 4 heterocycles. The summed E-state index contributed by atoms with van der Waals surface area (Å²) in [5, 5.41) is 8.46. The van der Waals surface area contributed by atoms with Gasteiger partial charge < -0.3 is 5.32 Å². The van der Waals surface area contributed by atoms with Gasteiger partial charge in [0, 0.05) is 26.1 Å². The lowest BCUT2D eigenvalue weighted by Gasteiger charge is -2.18. The molecule has 148 valence electrons. The molecule has 0 bridgehead atoms. The molecule has 0 spiro atoms. The highest BCUT2D eigenvalue weighted by atomic mass is 32.1. The van der Waals surface area contributed by atoms with Gasteiger partial charge in [0.15, 0.2) is 5.69 Å². The minimum absolute atomic E-state index is 0.213. The first-order chi connectivity index (χ1) is 13.2. The summed E-state index contributed by atoms with van der Waals surface area (Å²) in [5.41, 5.74) is -1.70. The van der Waals surface area contributed by atoms with Gasteiger partial charge in [-0.2, -0.15) is 18.3 Å². The van der Waals surface area contributed by atoms with Crippen molar-refractivity contribution in [1.82, 2.24) is 24.6 Å². The van der Waals surface area contributed by atoms with Crippen LogP contribution in [0.5, 0.6) is 0 Å². The SMILES string of the molecule is Cn1nc2n(c1=O)CCC(NC(=O)c1cc3sccc3nc1C(F)(F)F)CC2. The molecule has 4 rings (SSSR count). The summed E-state index contributed by atoms with van der Waals surface area (Å²) in [6.45, 7) is 0.349. The van der Waals surface area contributed by atoms with E-state index in [2.05, 4.69) is 15.4 Å². The number of hydrogen-bond acceptors (Lipinski definition) is 5. The molecule has 1 amide bonds. The van der Waals surface area contributed by atoms with Gasteiger partial charge in [0.05, 0.1) is 15.8 Å². The van der Waals surface area contributed by atoms with Gasteiger partial charge in [0.1, 0.15) is 5.82 Å². The van der Waals surface area contributed by atoms with Gasteiger partial charge in [-0.05, 0) is 30.4 Å². The number of rotatable bonds is 2. The molecule has 0 saturated heterocycles. The lowest BCUT2D eigenvalue weighted by molar-refractivity contribution is -0.141. The largest absolute Gasteiger partial charge is 0.434 e. The van der Waals surface area contributed by atoms with Crippen LogP contribution in [0.3, 0.4) is 0 Å². The second-order valence-electron chi connectivity index (χ2n) is 6.66. The maximum Gasteiger partial charge on any atom is 0.434 e. The third kappa shape index (κ3) is 3.30. The molecule has 3 aromatic heterocycles. The van der Waals surface area contributed by atoms with Gasteiger partial charge in [0.2, 0.25) is 0 Å². The number of aryl methyl sites for hydroxylation is 2. The Labute approximate surface area is 160 Å². The summed E-state index contributed by atoms with van der Waals surface area (Å²) in [6, 6.07) is 2.37. The zero-order chi connectivity index (χ0) is 20.1. The predicted molar refractivity (Wildman–Crippen MR) is 96.3 cm³/mol. The minimum Gasteiger partial charge on any atom is -0.349 e. The molecule has 0 fully saturated rings. The number of carbonyl (C=O) groups is 1. The number of fused-ring (bicyclic) bond motifs is 2. The third-order valence-electron chi connectivity index (χ3n) is 4.79. The summed E-state index contributed by atoms with van der Waals surface area (Å²) in [6.07, 6.45) is -3.37. The van der Waals surface area contributed by atoms with Crippen molar-refractivity contribution in [2.75, 3.05) is 0 Å². The van der Waals surface area contributed by atoms with E-state index < -0.39 is 23.3 Å². The van der Waals surface area contributed by atoms with Crippen LogP contribution in [0.4, 0.5) is 13.2 Å². The van der Waals surface area contributed by atoms with Crippen LogP contribution in [-0.2, 0) is 26.2 Å². The van der Waals surface area contributed by atoms with Crippen molar-refractivity contribution in [3.63, 3.8) is 0 Å². The molecule has 1 atom stereocenters. The second kappa shape index (κ2) is 6.73. The molecular weight excluding hydrogens is 395 g/mol. The number of carbonyl (C=O) groups excluding carboxylic acids is 1. The Morgan fingerprint density at radius 1 is 1.36 bits per heavy atom. The number of nitrogens with zero attached hydrogens (tertiary/aromatic N) is 4. The highest BCUT2D eigenvalue weighted by Gasteiger charge is 2.38. The number of amides is 1. The molecule has 1 unspecified atom stereocenters. The van der Waals surface area contributed by atoms with Gasteiger partial charge >= 0.3 is 11.9 Å². The normalized spacial score (nSPS) is 17.4. The minimum atomic E-state index is -4.74. The van der Waals surface area contributed by atoms with Gasteiger partial charge in [0.25, 0.3) is 5.91 Å². The van der Waals surface area contributed by atoms with E-state index in [0.29, 0.717) is 36.3 Å². The first-order valence-electron chi connectivity index (χ1n) is 8.63. The number of hydrogen-bond donors (Lipinski definition) is 1. The first-order valence-corrected chi connectivity index (χ1v) is 9.51. The van der Waals surface area contributed by atoms with Gasteiger partial charge in [-0.15, -0.1) is 11.3 Å². The second-order valence-corrected chi connectivity index (χ2v) is 7.61. The van der Waals surface area contributed by atoms with Crippen molar-refractivity contribution in [3.05, 3.63) is 45.1 Å². The molecule has 7 nitrogen and oxygen atoms in total.